The van der Waals surface area contributed by atoms with Crippen LogP contribution in [0.25, 0.3) is 0 Å². The number of hydrogen-bond acceptors (Lipinski definition) is 4. The molecular formula is C14H21NO3S. The van der Waals surface area contributed by atoms with E-state index < -0.39 is 5.97 Å². The van der Waals surface area contributed by atoms with Crippen molar-refractivity contribution in [2.45, 2.75) is 57.7 Å². The number of rotatable bonds is 4. The first-order valence-electron chi connectivity index (χ1n) is 6.82. The average Bonchev–Trinajstić information content (AvgIpc) is 2.61. The van der Waals surface area contributed by atoms with Gasteiger partial charge in [-0.25, -0.2) is 4.79 Å². The summed E-state index contributed by atoms with van der Waals surface area (Å²) in [5.41, 5.74) is 1.03. The molecule has 2 atom stereocenters. The highest BCUT2D eigenvalue weighted by Crippen LogP contribution is 2.23. The maximum atomic E-state index is 10.9. The number of carboxylic acid groups (broad SMARTS) is 1. The molecule has 1 saturated carbocycles. The lowest BCUT2D eigenvalue weighted by atomic mass is 10.1. The molecule has 2 unspecified atom stereocenters. The Kier molecular flexibility index (Phi) is 4.96. The Hall–Kier alpha value is -0.910. The summed E-state index contributed by atoms with van der Waals surface area (Å²) in [4.78, 5) is 12.3. The summed E-state index contributed by atoms with van der Waals surface area (Å²) < 4.78 is 0. The number of nitrogens with one attached hydrogen (secondary N) is 1. The second-order valence-electron chi connectivity index (χ2n) is 5.19. The van der Waals surface area contributed by atoms with E-state index in [2.05, 4.69) is 5.32 Å². The third kappa shape index (κ3) is 3.78. The molecule has 1 fully saturated rings. The van der Waals surface area contributed by atoms with E-state index in [4.69, 9.17) is 5.11 Å². The van der Waals surface area contributed by atoms with Crippen LogP contribution in [0.4, 0.5) is 0 Å². The smallest absolute Gasteiger partial charge is 0.345 e. The van der Waals surface area contributed by atoms with Crippen LogP contribution in [-0.2, 0) is 6.54 Å². The van der Waals surface area contributed by atoms with Gasteiger partial charge < -0.3 is 15.5 Å². The summed E-state index contributed by atoms with van der Waals surface area (Å²) in [7, 11) is 0. The summed E-state index contributed by atoms with van der Waals surface area (Å²) in [6, 6.07) is 1.87. The van der Waals surface area contributed by atoms with E-state index in [0.717, 1.165) is 36.1 Å². The van der Waals surface area contributed by atoms with Gasteiger partial charge >= 0.3 is 5.97 Å². The minimum absolute atomic E-state index is 0.134. The molecule has 1 aromatic rings. The molecule has 5 heteroatoms. The standard InChI is InChI=1S/C14H21NO3S/c1-9-10(7-13(19-9)14(17)18)8-15-11-5-3-2-4-6-12(11)16/h7,11-12,15-16H,2-6,8H2,1H3,(H,17,18). The highest BCUT2D eigenvalue weighted by Gasteiger charge is 2.21. The predicted molar refractivity (Wildman–Crippen MR) is 75.7 cm³/mol. The van der Waals surface area contributed by atoms with Gasteiger partial charge in [0.15, 0.2) is 0 Å². The fourth-order valence-electron chi connectivity index (χ4n) is 2.57. The van der Waals surface area contributed by atoms with Gasteiger partial charge in [-0.3, -0.25) is 0 Å². The molecule has 1 heterocycles. The Morgan fingerprint density at radius 3 is 2.84 bits per heavy atom. The van der Waals surface area contributed by atoms with Crippen LogP contribution in [0, 0.1) is 6.92 Å². The molecule has 0 saturated heterocycles. The van der Waals surface area contributed by atoms with E-state index in [1.54, 1.807) is 6.07 Å². The lowest BCUT2D eigenvalue weighted by Crippen LogP contribution is -2.38. The first-order chi connectivity index (χ1) is 9.08. The topological polar surface area (TPSA) is 69.6 Å². The normalized spacial score (nSPS) is 24.1. The minimum atomic E-state index is -0.867. The zero-order chi connectivity index (χ0) is 13.8. The molecule has 2 rings (SSSR count). The highest BCUT2D eigenvalue weighted by molar-refractivity contribution is 7.14. The summed E-state index contributed by atoms with van der Waals surface area (Å²) in [6.45, 7) is 2.58. The van der Waals surface area contributed by atoms with E-state index in [-0.39, 0.29) is 12.1 Å². The monoisotopic (exact) mass is 283 g/mol. The molecule has 0 bridgehead atoms. The Morgan fingerprint density at radius 2 is 2.16 bits per heavy atom. The van der Waals surface area contributed by atoms with E-state index in [9.17, 15) is 9.90 Å². The first-order valence-corrected chi connectivity index (χ1v) is 7.63. The van der Waals surface area contributed by atoms with Crippen molar-refractivity contribution >= 4 is 17.3 Å². The van der Waals surface area contributed by atoms with Gasteiger partial charge in [-0.15, -0.1) is 11.3 Å². The van der Waals surface area contributed by atoms with Crippen molar-refractivity contribution in [2.75, 3.05) is 0 Å². The molecule has 0 aromatic carbocycles. The number of carbonyl (C=O) groups is 1. The van der Waals surface area contributed by atoms with Gasteiger partial charge in [-0.1, -0.05) is 19.3 Å². The fourth-order valence-corrected chi connectivity index (χ4v) is 3.45. The molecule has 1 aliphatic carbocycles. The van der Waals surface area contributed by atoms with Crippen LogP contribution in [0.2, 0.25) is 0 Å². The summed E-state index contributed by atoms with van der Waals surface area (Å²) >= 11 is 1.31. The van der Waals surface area contributed by atoms with Crippen molar-refractivity contribution in [3.63, 3.8) is 0 Å². The van der Waals surface area contributed by atoms with Gasteiger partial charge in [0.2, 0.25) is 0 Å². The van der Waals surface area contributed by atoms with Crippen LogP contribution in [0.5, 0.6) is 0 Å². The SMILES string of the molecule is Cc1sc(C(=O)O)cc1CNC1CCCCCC1O. The lowest BCUT2D eigenvalue weighted by Gasteiger charge is -2.21. The van der Waals surface area contributed by atoms with Crippen molar-refractivity contribution in [2.24, 2.45) is 0 Å². The summed E-state index contributed by atoms with van der Waals surface area (Å²) in [5, 5.41) is 22.4. The van der Waals surface area contributed by atoms with E-state index in [1.807, 2.05) is 6.92 Å². The molecule has 106 valence electrons. The minimum Gasteiger partial charge on any atom is -0.477 e. The number of hydrogen-bond donors (Lipinski definition) is 3. The summed E-state index contributed by atoms with van der Waals surface area (Å²) in [5.74, 6) is -0.867. The number of aromatic carboxylic acids is 1. The Bertz CT molecular complexity index is 444. The lowest BCUT2D eigenvalue weighted by molar-refractivity contribution is 0.0702. The molecule has 3 N–H and O–H groups in total. The van der Waals surface area contributed by atoms with Crippen LogP contribution in [0.3, 0.4) is 0 Å². The molecule has 0 spiro atoms. The number of carboxylic acids is 1. The molecule has 0 amide bonds. The molecule has 0 aliphatic heterocycles. The number of aryl methyl sites for hydroxylation is 1. The third-order valence-electron chi connectivity index (χ3n) is 3.77. The summed E-state index contributed by atoms with van der Waals surface area (Å²) in [6.07, 6.45) is 5.02. The maximum Gasteiger partial charge on any atom is 0.345 e. The van der Waals surface area contributed by atoms with Crippen LogP contribution in [0.1, 0.15) is 52.2 Å². The van der Waals surface area contributed by atoms with E-state index in [1.165, 1.54) is 17.8 Å². The average molecular weight is 283 g/mol. The third-order valence-corrected chi connectivity index (χ3v) is 4.85. The van der Waals surface area contributed by atoms with E-state index >= 15 is 0 Å². The maximum absolute atomic E-state index is 10.9. The van der Waals surface area contributed by atoms with Crippen molar-refractivity contribution in [3.05, 3.63) is 21.4 Å². The zero-order valence-corrected chi connectivity index (χ0v) is 12.0. The molecular weight excluding hydrogens is 262 g/mol. The van der Waals surface area contributed by atoms with Gasteiger partial charge in [0.1, 0.15) is 4.88 Å². The van der Waals surface area contributed by atoms with Gasteiger partial charge in [0, 0.05) is 17.5 Å². The second-order valence-corrected chi connectivity index (χ2v) is 6.45. The van der Waals surface area contributed by atoms with Crippen LogP contribution >= 0.6 is 11.3 Å². The molecule has 4 nitrogen and oxygen atoms in total. The quantitative estimate of drug-likeness (QED) is 0.743. The fraction of sp³-hybridized carbons (Fsp3) is 0.643. The highest BCUT2D eigenvalue weighted by atomic mass is 32.1. The molecule has 1 aromatic heterocycles. The van der Waals surface area contributed by atoms with Gasteiger partial charge in [-0.05, 0) is 31.4 Å². The largest absolute Gasteiger partial charge is 0.477 e. The van der Waals surface area contributed by atoms with E-state index in [0.29, 0.717) is 11.4 Å². The number of aliphatic hydroxyl groups is 1. The predicted octanol–water partition coefficient (Wildman–Crippen LogP) is 2.54. The Balaban J connectivity index is 1.95. The van der Waals surface area contributed by atoms with Crippen LogP contribution in [-0.4, -0.2) is 28.3 Å². The van der Waals surface area contributed by atoms with Gasteiger partial charge in [0.25, 0.3) is 0 Å². The first kappa shape index (κ1) is 14.5. The number of thiophene rings is 1. The van der Waals surface area contributed by atoms with Gasteiger partial charge in [-0.2, -0.15) is 0 Å². The molecule has 0 radical (unpaired) electrons. The zero-order valence-electron chi connectivity index (χ0n) is 11.2. The van der Waals surface area contributed by atoms with Crippen molar-refractivity contribution in [1.29, 1.82) is 0 Å². The molecule has 19 heavy (non-hydrogen) atoms. The van der Waals surface area contributed by atoms with Crippen molar-refractivity contribution < 1.29 is 15.0 Å². The molecule has 1 aliphatic rings. The second kappa shape index (κ2) is 6.50. The number of aliphatic hydroxyl groups excluding tert-OH is 1. The van der Waals surface area contributed by atoms with Crippen LogP contribution in [0.15, 0.2) is 6.07 Å². The van der Waals surface area contributed by atoms with Crippen molar-refractivity contribution in [3.8, 4) is 0 Å². The van der Waals surface area contributed by atoms with Gasteiger partial charge in [0.05, 0.1) is 6.10 Å². The Labute approximate surface area is 117 Å². The van der Waals surface area contributed by atoms with Crippen LogP contribution < -0.4 is 5.32 Å². The van der Waals surface area contributed by atoms with Crippen molar-refractivity contribution in [1.82, 2.24) is 5.32 Å². The Morgan fingerprint density at radius 1 is 1.42 bits per heavy atom.